The van der Waals surface area contributed by atoms with Crippen LogP contribution in [-0.2, 0) is 17.9 Å². The minimum absolute atomic E-state index is 0.205. The number of hydrogen-bond donors (Lipinski definition) is 2. The van der Waals surface area contributed by atoms with Crippen molar-refractivity contribution in [3.8, 4) is 0 Å². The van der Waals surface area contributed by atoms with E-state index in [4.69, 9.17) is 0 Å². The second-order valence-corrected chi connectivity index (χ2v) is 6.85. The van der Waals surface area contributed by atoms with E-state index in [9.17, 15) is 9.18 Å². The lowest BCUT2D eigenvalue weighted by molar-refractivity contribution is -0.119. The Morgan fingerprint density at radius 1 is 1.11 bits per heavy atom. The number of piperidine rings is 1. The van der Waals surface area contributed by atoms with Crippen LogP contribution in [0.2, 0.25) is 0 Å². The van der Waals surface area contributed by atoms with Crippen LogP contribution < -0.4 is 15.5 Å². The van der Waals surface area contributed by atoms with Crippen molar-refractivity contribution in [1.82, 2.24) is 10.6 Å². The number of anilines is 1. The summed E-state index contributed by atoms with van der Waals surface area (Å²) in [5.41, 5.74) is 2.89. The molecule has 1 heterocycles. The summed E-state index contributed by atoms with van der Waals surface area (Å²) in [4.78, 5) is 18.4. The Balaban J connectivity index is 1.58. The number of carbonyl (C=O) groups excluding carboxylic acids is 1. The van der Waals surface area contributed by atoms with Crippen molar-refractivity contribution in [2.24, 2.45) is 4.99 Å². The molecule has 1 aliphatic rings. The van der Waals surface area contributed by atoms with Crippen molar-refractivity contribution in [1.29, 1.82) is 0 Å². The van der Waals surface area contributed by atoms with Gasteiger partial charge in [-0.3, -0.25) is 4.79 Å². The molecule has 0 aromatic heterocycles. The number of hydrogen-bond acceptors (Lipinski definition) is 2. The minimum atomic E-state index is -0.252. The smallest absolute Gasteiger partial charge is 0.226 e. The summed E-state index contributed by atoms with van der Waals surface area (Å²) in [5, 5.41) is 6.49. The van der Waals surface area contributed by atoms with Crippen LogP contribution in [0.4, 0.5) is 10.1 Å². The van der Waals surface area contributed by atoms with Crippen molar-refractivity contribution in [2.45, 2.75) is 39.3 Å². The second-order valence-electron chi connectivity index (χ2n) is 6.85. The lowest BCUT2D eigenvalue weighted by Gasteiger charge is -2.26. The maximum atomic E-state index is 13.3. The summed E-state index contributed by atoms with van der Waals surface area (Å²) in [6.45, 7) is 4.56. The molecule has 5 nitrogen and oxygen atoms in total. The van der Waals surface area contributed by atoms with Gasteiger partial charge in [-0.1, -0.05) is 24.3 Å². The van der Waals surface area contributed by atoms with Gasteiger partial charge in [0.05, 0.1) is 6.54 Å². The number of amides is 1. The number of nitrogens with zero attached hydrogens (tertiary/aromatic N) is 2. The standard InChI is InChI=1S/C22H27FN4O/c1-2-24-22(26-16-18-6-5-7-19(23)14-18)25-15-17-9-11-20(12-10-17)27-13-4-3-8-21(27)28/h5-7,9-12,14H,2-4,8,13,15-16H2,1H3,(H2,24,25,26). The zero-order valence-corrected chi connectivity index (χ0v) is 16.2. The predicted molar refractivity (Wildman–Crippen MR) is 111 cm³/mol. The summed E-state index contributed by atoms with van der Waals surface area (Å²) in [6.07, 6.45) is 2.68. The molecule has 3 rings (SSSR count). The van der Waals surface area contributed by atoms with Crippen LogP contribution in [0, 0.1) is 5.82 Å². The van der Waals surface area contributed by atoms with Crippen molar-refractivity contribution in [3.63, 3.8) is 0 Å². The first-order chi connectivity index (χ1) is 13.7. The van der Waals surface area contributed by atoms with E-state index in [0.29, 0.717) is 25.5 Å². The van der Waals surface area contributed by atoms with Crippen LogP contribution in [0.25, 0.3) is 0 Å². The Morgan fingerprint density at radius 3 is 2.64 bits per heavy atom. The first-order valence-corrected chi connectivity index (χ1v) is 9.81. The largest absolute Gasteiger partial charge is 0.357 e. The average molecular weight is 382 g/mol. The van der Waals surface area contributed by atoms with Gasteiger partial charge in [0.2, 0.25) is 5.91 Å². The number of nitrogens with one attached hydrogen (secondary N) is 2. The van der Waals surface area contributed by atoms with Gasteiger partial charge >= 0.3 is 0 Å². The van der Waals surface area contributed by atoms with Gasteiger partial charge in [-0.05, 0) is 55.2 Å². The normalized spacial score (nSPS) is 14.9. The molecule has 0 bridgehead atoms. The highest BCUT2D eigenvalue weighted by atomic mass is 19.1. The molecule has 1 amide bonds. The van der Waals surface area contributed by atoms with Crippen LogP contribution in [0.5, 0.6) is 0 Å². The van der Waals surface area contributed by atoms with E-state index < -0.39 is 0 Å². The van der Waals surface area contributed by atoms with Crippen LogP contribution in [0.15, 0.2) is 53.5 Å². The number of guanidine groups is 1. The molecule has 0 aliphatic carbocycles. The number of benzene rings is 2. The molecule has 2 aromatic carbocycles. The summed E-state index contributed by atoms with van der Waals surface area (Å²) in [7, 11) is 0. The third-order valence-electron chi connectivity index (χ3n) is 4.68. The Hall–Kier alpha value is -2.89. The molecule has 0 unspecified atom stereocenters. The monoisotopic (exact) mass is 382 g/mol. The summed E-state index contributed by atoms with van der Waals surface area (Å²) >= 11 is 0. The van der Waals surface area contributed by atoms with Gasteiger partial charge in [0.25, 0.3) is 0 Å². The molecule has 1 aliphatic heterocycles. The Labute approximate surface area is 165 Å². The van der Waals surface area contributed by atoms with E-state index >= 15 is 0 Å². The van der Waals surface area contributed by atoms with E-state index in [1.54, 1.807) is 6.07 Å². The first-order valence-electron chi connectivity index (χ1n) is 9.81. The lowest BCUT2D eigenvalue weighted by Crippen LogP contribution is -2.37. The summed E-state index contributed by atoms with van der Waals surface area (Å²) in [5.74, 6) is 0.635. The topological polar surface area (TPSA) is 56.7 Å². The number of carbonyl (C=O) groups is 1. The van der Waals surface area contributed by atoms with Crippen molar-refractivity contribution < 1.29 is 9.18 Å². The quantitative estimate of drug-likeness (QED) is 0.593. The van der Waals surface area contributed by atoms with Crippen LogP contribution in [-0.4, -0.2) is 25.0 Å². The number of halogens is 1. The highest BCUT2D eigenvalue weighted by Gasteiger charge is 2.19. The predicted octanol–water partition coefficient (Wildman–Crippen LogP) is 3.60. The molecular weight excluding hydrogens is 355 g/mol. The van der Waals surface area contributed by atoms with Crippen LogP contribution in [0.1, 0.15) is 37.3 Å². The molecule has 6 heteroatoms. The molecule has 0 radical (unpaired) electrons. The number of rotatable bonds is 6. The molecule has 1 saturated heterocycles. The fraction of sp³-hybridized carbons (Fsp3) is 0.364. The van der Waals surface area contributed by atoms with E-state index in [-0.39, 0.29) is 11.7 Å². The zero-order chi connectivity index (χ0) is 19.8. The van der Waals surface area contributed by atoms with Gasteiger partial charge < -0.3 is 15.5 Å². The van der Waals surface area contributed by atoms with E-state index in [0.717, 1.165) is 42.7 Å². The molecule has 2 aromatic rings. The average Bonchev–Trinajstić information content (AvgIpc) is 2.71. The Morgan fingerprint density at radius 2 is 1.93 bits per heavy atom. The lowest BCUT2D eigenvalue weighted by atomic mass is 10.1. The maximum absolute atomic E-state index is 13.3. The second kappa shape index (κ2) is 9.88. The molecule has 148 valence electrons. The third kappa shape index (κ3) is 5.55. The minimum Gasteiger partial charge on any atom is -0.357 e. The maximum Gasteiger partial charge on any atom is 0.226 e. The highest BCUT2D eigenvalue weighted by molar-refractivity contribution is 5.93. The molecule has 0 saturated carbocycles. The zero-order valence-electron chi connectivity index (χ0n) is 16.2. The van der Waals surface area contributed by atoms with Crippen molar-refractivity contribution in [2.75, 3.05) is 18.0 Å². The van der Waals surface area contributed by atoms with Crippen molar-refractivity contribution >= 4 is 17.6 Å². The SMILES string of the molecule is CCNC(=NCc1cccc(F)c1)NCc1ccc(N2CCCCC2=O)cc1. The summed E-state index contributed by atoms with van der Waals surface area (Å²) in [6, 6.07) is 14.5. The highest BCUT2D eigenvalue weighted by Crippen LogP contribution is 2.21. The van der Waals surface area contributed by atoms with Crippen LogP contribution >= 0.6 is 0 Å². The first kappa shape index (κ1) is 19.9. The molecule has 1 fully saturated rings. The van der Waals surface area contributed by atoms with Gasteiger partial charge in [0, 0.05) is 31.7 Å². The van der Waals surface area contributed by atoms with Crippen molar-refractivity contribution in [3.05, 3.63) is 65.5 Å². The molecule has 0 atom stereocenters. The Kier molecular flexibility index (Phi) is 7.00. The Bertz CT molecular complexity index is 820. The third-order valence-corrected chi connectivity index (χ3v) is 4.68. The van der Waals surface area contributed by atoms with Gasteiger partial charge in [-0.25, -0.2) is 9.38 Å². The van der Waals surface area contributed by atoms with Gasteiger partial charge in [-0.2, -0.15) is 0 Å². The van der Waals surface area contributed by atoms with Gasteiger partial charge in [-0.15, -0.1) is 0 Å². The molecule has 28 heavy (non-hydrogen) atoms. The fourth-order valence-electron chi connectivity index (χ4n) is 3.21. The van der Waals surface area contributed by atoms with E-state index in [2.05, 4.69) is 15.6 Å². The molecule has 2 N–H and O–H groups in total. The number of aliphatic imine (C=N–C) groups is 1. The fourth-order valence-corrected chi connectivity index (χ4v) is 3.21. The molecule has 0 spiro atoms. The summed E-state index contributed by atoms with van der Waals surface area (Å²) < 4.78 is 13.3. The van der Waals surface area contributed by atoms with E-state index in [1.807, 2.05) is 42.2 Å². The van der Waals surface area contributed by atoms with E-state index in [1.165, 1.54) is 12.1 Å². The van der Waals surface area contributed by atoms with Crippen LogP contribution in [0.3, 0.4) is 0 Å². The van der Waals surface area contributed by atoms with Gasteiger partial charge in [0.1, 0.15) is 5.82 Å². The van der Waals surface area contributed by atoms with Gasteiger partial charge in [0.15, 0.2) is 5.96 Å². The molecular formula is C22H27FN4O.